The van der Waals surface area contributed by atoms with Crippen LogP contribution in [0.5, 0.6) is 0 Å². The van der Waals surface area contributed by atoms with Gasteiger partial charge in [0.15, 0.2) is 22.5 Å². The zero-order valence-corrected chi connectivity index (χ0v) is 18.4. The van der Waals surface area contributed by atoms with Crippen LogP contribution in [0.25, 0.3) is 22.0 Å². The molecule has 0 atom stereocenters. The fourth-order valence-corrected chi connectivity index (χ4v) is 4.26. The number of nitrogens with zero attached hydrogens (tertiary/aromatic N) is 3. The number of thiazole rings is 1. The molecule has 0 radical (unpaired) electrons. The summed E-state index contributed by atoms with van der Waals surface area (Å²) >= 11 is 1.14. The molecule has 9 heteroatoms. The van der Waals surface area contributed by atoms with Crippen LogP contribution >= 0.6 is 11.3 Å². The van der Waals surface area contributed by atoms with Crippen LogP contribution in [-0.2, 0) is 6.54 Å². The first kappa shape index (κ1) is 21.6. The second-order valence-electron chi connectivity index (χ2n) is 7.46. The Bertz CT molecular complexity index is 1580. The van der Waals surface area contributed by atoms with E-state index in [-0.39, 0.29) is 22.9 Å². The monoisotopic (exact) mass is 474 g/mol. The maximum absolute atomic E-state index is 13.6. The van der Waals surface area contributed by atoms with Crippen LogP contribution in [0, 0.1) is 11.6 Å². The maximum atomic E-state index is 13.6. The van der Waals surface area contributed by atoms with Crippen molar-refractivity contribution in [3.63, 3.8) is 0 Å². The molecule has 6 nitrogen and oxygen atoms in total. The van der Waals surface area contributed by atoms with Crippen molar-refractivity contribution in [2.24, 2.45) is 0 Å². The molecule has 0 bridgehead atoms. The fourth-order valence-electron chi connectivity index (χ4n) is 3.54. The Morgan fingerprint density at radius 3 is 2.44 bits per heavy atom. The Balaban J connectivity index is 1.48. The van der Waals surface area contributed by atoms with Crippen molar-refractivity contribution in [1.29, 1.82) is 0 Å². The van der Waals surface area contributed by atoms with Gasteiger partial charge in [-0.1, -0.05) is 48.5 Å². The van der Waals surface area contributed by atoms with Gasteiger partial charge in [0.25, 0.3) is 11.5 Å². The summed E-state index contributed by atoms with van der Waals surface area (Å²) in [5.41, 5.74) is 1.43. The molecule has 0 aliphatic rings. The Hall–Kier alpha value is -4.24. The highest BCUT2D eigenvalue weighted by Gasteiger charge is 2.18. The number of carbonyl (C=O) groups excluding carboxylic acids is 1. The van der Waals surface area contributed by atoms with Gasteiger partial charge in [-0.2, -0.15) is 5.10 Å². The smallest absolute Gasteiger partial charge is 0.278 e. The van der Waals surface area contributed by atoms with Crippen LogP contribution in [0.15, 0.2) is 83.0 Å². The summed E-state index contributed by atoms with van der Waals surface area (Å²) in [5.74, 6) is -2.47. The number of hydrogen-bond acceptors (Lipinski definition) is 5. The Labute approximate surface area is 196 Å². The molecule has 1 amide bonds. The number of carbonyl (C=O) groups is 1. The largest absolute Gasteiger partial charge is 0.296 e. The van der Waals surface area contributed by atoms with Gasteiger partial charge in [-0.25, -0.2) is 18.4 Å². The van der Waals surface area contributed by atoms with Crippen molar-refractivity contribution in [2.75, 3.05) is 5.32 Å². The predicted octanol–water partition coefficient (Wildman–Crippen LogP) is 5.10. The number of amides is 1. The number of fused-ring (bicyclic) bond motifs is 1. The van der Waals surface area contributed by atoms with Crippen LogP contribution in [0.2, 0.25) is 0 Å². The van der Waals surface area contributed by atoms with Crippen molar-refractivity contribution in [3.8, 4) is 11.3 Å². The third-order valence-corrected chi connectivity index (χ3v) is 5.96. The van der Waals surface area contributed by atoms with Crippen LogP contribution in [-0.4, -0.2) is 20.7 Å². The summed E-state index contributed by atoms with van der Waals surface area (Å²) in [6.45, 7) is 0.211. The second-order valence-corrected chi connectivity index (χ2v) is 8.32. The van der Waals surface area contributed by atoms with E-state index in [9.17, 15) is 18.4 Å². The van der Waals surface area contributed by atoms with E-state index >= 15 is 0 Å². The van der Waals surface area contributed by atoms with Crippen molar-refractivity contribution < 1.29 is 13.6 Å². The van der Waals surface area contributed by atoms with E-state index in [1.807, 2.05) is 30.3 Å². The average molecular weight is 474 g/mol. The number of halogens is 2. The summed E-state index contributed by atoms with van der Waals surface area (Å²) in [7, 11) is 0. The molecule has 0 saturated heterocycles. The van der Waals surface area contributed by atoms with Crippen LogP contribution < -0.4 is 10.9 Å². The number of benzene rings is 3. The van der Waals surface area contributed by atoms with Crippen LogP contribution in [0.1, 0.15) is 16.1 Å². The fraction of sp³-hybridized carbons (Fsp3) is 0.0400. The molecule has 0 aliphatic heterocycles. The Morgan fingerprint density at radius 2 is 1.68 bits per heavy atom. The first-order chi connectivity index (χ1) is 16.5. The molecule has 3 aromatic carbocycles. The number of nitrogens with one attached hydrogen (secondary N) is 1. The minimum Gasteiger partial charge on any atom is -0.296 e. The molecule has 0 unspecified atom stereocenters. The van der Waals surface area contributed by atoms with Crippen molar-refractivity contribution in [1.82, 2.24) is 14.8 Å². The van der Waals surface area contributed by atoms with Gasteiger partial charge in [0, 0.05) is 16.3 Å². The quantitative estimate of drug-likeness (QED) is 0.385. The number of anilines is 1. The summed E-state index contributed by atoms with van der Waals surface area (Å²) in [6, 6.07) is 19.6. The molecule has 2 aromatic heterocycles. The van der Waals surface area contributed by atoms with E-state index in [2.05, 4.69) is 15.4 Å². The van der Waals surface area contributed by atoms with Gasteiger partial charge in [0.05, 0.1) is 17.6 Å². The van der Waals surface area contributed by atoms with E-state index in [4.69, 9.17) is 0 Å². The summed E-state index contributed by atoms with van der Waals surface area (Å²) in [6.07, 6.45) is 0. The van der Waals surface area contributed by atoms with E-state index in [0.717, 1.165) is 29.0 Å². The average Bonchev–Trinajstić information content (AvgIpc) is 3.31. The predicted molar refractivity (Wildman–Crippen MR) is 127 cm³/mol. The van der Waals surface area contributed by atoms with Gasteiger partial charge in [0.1, 0.15) is 0 Å². The second kappa shape index (κ2) is 8.95. The van der Waals surface area contributed by atoms with Gasteiger partial charge < -0.3 is 0 Å². The minimum atomic E-state index is -0.979. The van der Waals surface area contributed by atoms with Crippen LogP contribution in [0.4, 0.5) is 13.9 Å². The molecule has 0 aliphatic carbocycles. The molecule has 168 valence electrons. The number of rotatable bonds is 5. The Morgan fingerprint density at radius 1 is 0.941 bits per heavy atom. The van der Waals surface area contributed by atoms with E-state index < -0.39 is 17.5 Å². The molecule has 0 fully saturated rings. The molecule has 5 aromatic rings. The molecular weight excluding hydrogens is 458 g/mol. The van der Waals surface area contributed by atoms with Gasteiger partial charge in [-0.05, 0) is 29.8 Å². The lowest BCUT2D eigenvalue weighted by Crippen LogP contribution is -2.28. The van der Waals surface area contributed by atoms with E-state index in [1.54, 1.807) is 29.6 Å². The minimum absolute atomic E-state index is 0.0794. The highest BCUT2D eigenvalue weighted by molar-refractivity contribution is 7.14. The van der Waals surface area contributed by atoms with Gasteiger partial charge in [0.2, 0.25) is 0 Å². The third kappa shape index (κ3) is 4.20. The lowest BCUT2D eigenvalue weighted by atomic mass is 10.1. The van der Waals surface area contributed by atoms with Gasteiger partial charge in [-0.15, -0.1) is 11.3 Å². The van der Waals surface area contributed by atoms with Crippen molar-refractivity contribution in [2.45, 2.75) is 6.54 Å². The van der Waals surface area contributed by atoms with E-state index in [1.165, 1.54) is 10.7 Å². The van der Waals surface area contributed by atoms with Crippen LogP contribution in [0.3, 0.4) is 0 Å². The van der Waals surface area contributed by atoms with E-state index in [0.29, 0.717) is 22.0 Å². The number of aromatic nitrogens is 3. The lowest BCUT2D eigenvalue weighted by Gasteiger charge is -2.11. The highest BCUT2D eigenvalue weighted by atomic mass is 32.1. The molecular formula is C25H16F2N4O2S. The zero-order chi connectivity index (χ0) is 23.7. The first-order valence-corrected chi connectivity index (χ1v) is 11.1. The maximum Gasteiger partial charge on any atom is 0.278 e. The molecule has 34 heavy (non-hydrogen) atoms. The summed E-state index contributed by atoms with van der Waals surface area (Å²) in [4.78, 5) is 30.4. The number of hydrogen-bond donors (Lipinski definition) is 1. The standard InChI is InChI=1S/C25H16F2N4O2S/c26-19-11-10-16(12-20(19)27)21-14-34-25(28-21)29-23(32)22-17-8-4-5-9-18(17)24(33)31(30-22)13-15-6-2-1-3-7-15/h1-12,14H,13H2,(H,28,29,32). The zero-order valence-electron chi connectivity index (χ0n) is 17.5. The summed E-state index contributed by atoms with van der Waals surface area (Å²) < 4.78 is 28.1. The lowest BCUT2D eigenvalue weighted by molar-refractivity contribution is 0.102. The molecule has 0 saturated carbocycles. The summed E-state index contributed by atoms with van der Waals surface area (Å²) in [5, 5.41) is 9.74. The molecule has 2 heterocycles. The van der Waals surface area contributed by atoms with Crippen molar-refractivity contribution in [3.05, 3.63) is 111 Å². The SMILES string of the molecule is O=C(Nc1nc(-c2ccc(F)c(F)c2)cs1)c1nn(Cc2ccccc2)c(=O)c2ccccc12. The topological polar surface area (TPSA) is 76.9 Å². The van der Waals surface area contributed by atoms with Crippen molar-refractivity contribution >= 4 is 33.1 Å². The highest BCUT2D eigenvalue weighted by Crippen LogP contribution is 2.26. The molecule has 0 spiro atoms. The normalized spacial score (nSPS) is 11.0. The first-order valence-electron chi connectivity index (χ1n) is 10.3. The Kier molecular flexibility index (Phi) is 5.69. The third-order valence-electron chi connectivity index (χ3n) is 5.20. The van der Waals surface area contributed by atoms with Gasteiger partial charge in [-0.3, -0.25) is 14.9 Å². The molecule has 1 N–H and O–H groups in total. The molecule has 5 rings (SSSR count). The van der Waals surface area contributed by atoms with Gasteiger partial charge >= 0.3 is 0 Å².